The molecule has 0 radical (unpaired) electrons. The highest BCUT2D eigenvalue weighted by Crippen LogP contribution is 2.29. The highest BCUT2D eigenvalue weighted by atomic mass is 35.5. The number of halogens is 4. The summed E-state index contributed by atoms with van der Waals surface area (Å²) >= 11 is 6.09. The summed E-state index contributed by atoms with van der Waals surface area (Å²) in [6.45, 7) is 0. The van der Waals surface area contributed by atoms with Gasteiger partial charge in [0.1, 0.15) is 6.29 Å². The third-order valence-electron chi connectivity index (χ3n) is 3.04. The van der Waals surface area contributed by atoms with Gasteiger partial charge >= 0.3 is 12.1 Å². The van der Waals surface area contributed by atoms with Crippen molar-refractivity contribution in [3.8, 4) is 22.9 Å². The Bertz CT molecular complexity index is 957. The van der Waals surface area contributed by atoms with E-state index in [-0.39, 0.29) is 0 Å². The summed E-state index contributed by atoms with van der Waals surface area (Å²) in [6.07, 6.45) is -4.31. The van der Waals surface area contributed by atoms with Gasteiger partial charge in [-0.25, -0.2) is 4.79 Å². The maximum absolute atomic E-state index is 10.8. The summed E-state index contributed by atoms with van der Waals surface area (Å²) < 4.78 is 37.3. The predicted octanol–water partition coefficient (Wildman–Crippen LogP) is 4.50. The largest absolute Gasteiger partial charge is 0.490 e. The summed E-state index contributed by atoms with van der Waals surface area (Å²) in [7, 11) is 0. The monoisotopic (exact) mass is 398 g/mol. The molecule has 0 amide bonds. The van der Waals surface area contributed by atoms with E-state index in [1.807, 2.05) is 18.2 Å². The van der Waals surface area contributed by atoms with Crippen LogP contribution in [-0.2, 0) is 4.79 Å². The minimum absolute atomic E-state index is 0.349. The first-order valence-electron chi connectivity index (χ1n) is 7.16. The minimum atomic E-state index is -5.08. The molecular weight excluding hydrogens is 389 g/mol. The molecule has 10 heteroatoms. The van der Waals surface area contributed by atoms with E-state index in [9.17, 15) is 18.0 Å². The first-order chi connectivity index (χ1) is 12.7. The first-order valence-corrected chi connectivity index (χ1v) is 7.54. The molecule has 0 spiro atoms. The summed E-state index contributed by atoms with van der Waals surface area (Å²) in [4.78, 5) is 19.7. The van der Waals surface area contributed by atoms with Gasteiger partial charge in [-0.1, -0.05) is 35.9 Å². The van der Waals surface area contributed by atoms with Crippen molar-refractivity contribution >= 4 is 23.9 Å². The van der Waals surface area contributed by atoms with Gasteiger partial charge in [0.05, 0.1) is 10.6 Å². The number of aldehydes is 1. The van der Waals surface area contributed by atoms with Gasteiger partial charge in [-0.15, -0.1) is 10.2 Å². The number of carboxylic acid groups (broad SMARTS) is 1. The molecule has 3 rings (SSSR count). The summed E-state index contributed by atoms with van der Waals surface area (Å²) in [5, 5.41) is 15.6. The zero-order chi connectivity index (χ0) is 20.0. The van der Waals surface area contributed by atoms with Gasteiger partial charge in [0.25, 0.3) is 0 Å². The third kappa shape index (κ3) is 5.38. The molecule has 0 saturated heterocycles. The molecule has 6 nitrogen and oxygen atoms in total. The van der Waals surface area contributed by atoms with Gasteiger partial charge in [0.15, 0.2) is 0 Å². The lowest BCUT2D eigenvalue weighted by Crippen LogP contribution is -2.21. The van der Waals surface area contributed by atoms with Crippen molar-refractivity contribution in [2.45, 2.75) is 6.18 Å². The van der Waals surface area contributed by atoms with Gasteiger partial charge in [-0.05, 0) is 24.3 Å². The molecule has 0 atom stereocenters. The molecule has 2 aromatic carbocycles. The summed E-state index contributed by atoms with van der Waals surface area (Å²) in [5.41, 5.74) is 1.93. The highest BCUT2D eigenvalue weighted by molar-refractivity contribution is 6.33. The number of carbonyl (C=O) groups excluding carboxylic acids is 1. The number of benzene rings is 2. The lowest BCUT2D eigenvalue weighted by molar-refractivity contribution is -0.192. The summed E-state index contributed by atoms with van der Waals surface area (Å²) in [5.74, 6) is -2.06. The van der Waals surface area contributed by atoms with Gasteiger partial charge in [-0.3, -0.25) is 4.79 Å². The number of aromatic nitrogens is 2. The zero-order valence-electron chi connectivity index (χ0n) is 13.3. The zero-order valence-corrected chi connectivity index (χ0v) is 14.0. The maximum atomic E-state index is 10.8. The molecule has 0 aliphatic rings. The fourth-order valence-electron chi connectivity index (χ4n) is 1.83. The van der Waals surface area contributed by atoms with Crippen LogP contribution in [0.15, 0.2) is 52.9 Å². The highest BCUT2D eigenvalue weighted by Gasteiger charge is 2.38. The third-order valence-corrected chi connectivity index (χ3v) is 3.37. The number of carboxylic acids is 1. The lowest BCUT2D eigenvalue weighted by Gasteiger charge is -1.97. The number of hydrogen-bond acceptors (Lipinski definition) is 5. The number of carbonyl (C=O) groups is 2. The van der Waals surface area contributed by atoms with E-state index in [0.29, 0.717) is 33.5 Å². The fourth-order valence-corrected chi connectivity index (χ4v) is 2.04. The van der Waals surface area contributed by atoms with Crippen LogP contribution in [0.25, 0.3) is 22.9 Å². The molecule has 1 N–H and O–H groups in total. The topological polar surface area (TPSA) is 93.3 Å². The molecule has 0 aliphatic heterocycles. The molecule has 0 fully saturated rings. The van der Waals surface area contributed by atoms with Crippen LogP contribution in [0.3, 0.4) is 0 Å². The van der Waals surface area contributed by atoms with Gasteiger partial charge in [0, 0.05) is 11.1 Å². The quantitative estimate of drug-likeness (QED) is 0.653. The Morgan fingerprint density at radius 2 is 1.70 bits per heavy atom. The number of aliphatic carboxylic acids is 1. The first kappa shape index (κ1) is 20.1. The average molecular weight is 399 g/mol. The van der Waals surface area contributed by atoms with Gasteiger partial charge in [0.2, 0.25) is 11.8 Å². The van der Waals surface area contributed by atoms with Crippen LogP contribution in [0.1, 0.15) is 10.4 Å². The Labute approximate surface area is 155 Å². The molecule has 140 valence electrons. The van der Waals surface area contributed by atoms with Crippen molar-refractivity contribution in [2.24, 2.45) is 0 Å². The number of nitrogens with zero attached hydrogens (tertiary/aromatic N) is 2. The van der Waals surface area contributed by atoms with E-state index >= 15 is 0 Å². The Morgan fingerprint density at radius 1 is 1.07 bits per heavy atom. The average Bonchev–Trinajstić information content (AvgIpc) is 3.12. The standard InChI is InChI=1S/C15H9ClN2O2.C2HF3O2/c16-13-7-2-1-6-12(13)15-18-17-14(20-15)11-5-3-4-10(8-11)9-19;3-2(4,5)1(6)7/h1-9H;(H,6,7). The van der Waals surface area contributed by atoms with Crippen LogP contribution in [0.2, 0.25) is 5.02 Å². The van der Waals surface area contributed by atoms with E-state index in [2.05, 4.69) is 10.2 Å². The minimum Gasteiger partial charge on any atom is -0.475 e. The SMILES string of the molecule is O=C(O)C(F)(F)F.O=Cc1cccc(-c2nnc(-c3ccccc3Cl)o2)c1. The molecule has 27 heavy (non-hydrogen) atoms. The van der Waals surface area contributed by atoms with Crippen LogP contribution in [0.4, 0.5) is 13.2 Å². The second kappa shape index (κ2) is 8.45. The van der Waals surface area contributed by atoms with Crippen LogP contribution in [0.5, 0.6) is 0 Å². The molecular formula is C17H10ClF3N2O4. The molecule has 1 aromatic heterocycles. The van der Waals surface area contributed by atoms with Crippen LogP contribution < -0.4 is 0 Å². The second-order valence-corrected chi connectivity index (χ2v) is 5.35. The lowest BCUT2D eigenvalue weighted by atomic mass is 10.1. The number of rotatable bonds is 3. The Morgan fingerprint density at radius 3 is 2.30 bits per heavy atom. The molecule has 3 aromatic rings. The maximum Gasteiger partial charge on any atom is 0.490 e. The van der Waals surface area contributed by atoms with Crippen LogP contribution >= 0.6 is 11.6 Å². The molecule has 0 saturated carbocycles. The fraction of sp³-hybridized carbons (Fsp3) is 0.0588. The van der Waals surface area contributed by atoms with Crippen molar-refractivity contribution < 1.29 is 32.3 Å². The van der Waals surface area contributed by atoms with E-state index < -0.39 is 12.1 Å². The van der Waals surface area contributed by atoms with Crippen molar-refractivity contribution in [3.63, 3.8) is 0 Å². The smallest absolute Gasteiger partial charge is 0.475 e. The van der Waals surface area contributed by atoms with Crippen LogP contribution in [0, 0.1) is 0 Å². The number of hydrogen-bond donors (Lipinski definition) is 1. The van der Waals surface area contributed by atoms with Crippen molar-refractivity contribution in [1.29, 1.82) is 0 Å². The van der Waals surface area contributed by atoms with E-state index in [0.717, 1.165) is 6.29 Å². The van der Waals surface area contributed by atoms with E-state index in [4.69, 9.17) is 25.9 Å². The Kier molecular flexibility index (Phi) is 6.30. The predicted molar refractivity (Wildman–Crippen MR) is 89.3 cm³/mol. The summed E-state index contributed by atoms with van der Waals surface area (Å²) in [6, 6.07) is 14.2. The van der Waals surface area contributed by atoms with Gasteiger partial charge < -0.3 is 9.52 Å². The molecule has 0 bridgehead atoms. The normalized spacial score (nSPS) is 10.7. The van der Waals surface area contributed by atoms with Gasteiger partial charge in [-0.2, -0.15) is 13.2 Å². The Balaban J connectivity index is 0.000000321. The number of alkyl halides is 3. The van der Waals surface area contributed by atoms with Crippen molar-refractivity contribution in [3.05, 3.63) is 59.1 Å². The van der Waals surface area contributed by atoms with E-state index in [1.165, 1.54) is 0 Å². The van der Waals surface area contributed by atoms with E-state index in [1.54, 1.807) is 30.3 Å². The Hall–Kier alpha value is -3.20. The molecule has 0 unspecified atom stereocenters. The molecule has 1 heterocycles. The van der Waals surface area contributed by atoms with Crippen LogP contribution in [-0.4, -0.2) is 33.7 Å². The van der Waals surface area contributed by atoms with Crippen molar-refractivity contribution in [1.82, 2.24) is 10.2 Å². The second-order valence-electron chi connectivity index (χ2n) is 4.94. The van der Waals surface area contributed by atoms with Crippen molar-refractivity contribution in [2.75, 3.05) is 0 Å². The molecule has 0 aliphatic carbocycles.